The summed E-state index contributed by atoms with van der Waals surface area (Å²) in [6.07, 6.45) is -0.109. The predicted octanol–water partition coefficient (Wildman–Crippen LogP) is 2.04. The first-order valence-electron chi connectivity index (χ1n) is 8.03. The van der Waals surface area contributed by atoms with Gasteiger partial charge in [-0.15, -0.1) is 0 Å². The zero-order valence-electron chi connectivity index (χ0n) is 14.8. The number of amides is 2. The van der Waals surface area contributed by atoms with Gasteiger partial charge in [0.15, 0.2) is 0 Å². The van der Waals surface area contributed by atoms with Crippen LogP contribution in [0.2, 0.25) is 0 Å². The Kier molecular flexibility index (Phi) is 6.95. The molecule has 132 valence electrons. The van der Waals surface area contributed by atoms with E-state index in [-0.39, 0.29) is 36.7 Å². The summed E-state index contributed by atoms with van der Waals surface area (Å²) < 4.78 is 0. The van der Waals surface area contributed by atoms with Crippen molar-refractivity contribution in [3.05, 3.63) is 35.4 Å². The second-order valence-corrected chi connectivity index (χ2v) is 6.63. The van der Waals surface area contributed by atoms with Gasteiger partial charge in [-0.25, -0.2) is 0 Å². The van der Waals surface area contributed by atoms with Gasteiger partial charge >= 0.3 is 5.97 Å². The maximum atomic E-state index is 12.1. The summed E-state index contributed by atoms with van der Waals surface area (Å²) in [6.45, 7) is 8.45. The van der Waals surface area contributed by atoms with Crippen molar-refractivity contribution in [1.82, 2.24) is 10.2 Å². The molecule has 0 aliphatic rings. The number of carbonyl (C=O) groups is 3. The number of carboxylic acids is 1. The molecule has 2 amide bonds. The number of hydrogen-bond acceptors (Lipinski definition) is 3. The topological polar surface area (TPSA) is 86.7 Å². The Bertz CT molecular complexity index is 588. The highest BCUT2D eigenvalue weighted by atomic mass is 16.4. The smallest absolute Gasteiger partial charge is 0.305 e. The molecule has 2 N–H and O–H groups in total. The molecule has 0 bridgehead atoms. The third-order valence-corrected chi connectivity index (χ3v) is 3.74. The third kappa shape index (κ3) is 6.02. The highest BCUT2D eigenvalue weighted by Gasteiger charge is 2.16. The number of nitrogens with zero attached hydrogens (tertiary/aromatic N) is 1. The predicted molar refractivity (Wildman–Crippen MR) is 92.0 cm³/mol. The van der Waals surface area contributed by atoms with Crippen LogP contribution in [-0.4, -0.2) is 47.4 Å². The molecule has 6 nitrogen and oxygen atoms in total. The Morgan fingerprint density at radius 2 is 1.71 bits per heavy atom. The molecule has 1 aromatic rings. The van der Waals surface area contributed by atoms with Gasteiger partial charge in [0.05, 0.1) is 13.0 Å². The van der Waals surface area contributed by atoms with E-state index in [1.807, 2.05) is 12.1 Å². The molecule has 24 heavy (non-hydrogen) atoms. The van der Waals surface area contributed by atoms with Crippen molar-refractivity contribution in [2.75, 3.05) is 19.6 Å². The summed E-state index contributed by atoms with van der Waals surface area (Å²) in [4.78, 5) is 36.1. The van der Waals surface area contributed by atoms with Crippen molar-refractivity contribution >= 4 is 17.8 Å². The van der Waals surface area contributed by atoms with Gasteiger partial charge in [-0.3, -0.25) is 14.4 Å². The van der Waals surface area contributed by atoms with Gasteiger partial charge in [-0.05, 0) is 30.0 Å². The van der Waals surface area contributed by atoms with Crippen LogP contribution in [0.1, 0.15) is 50.0 Å². The molecule has 1 aromatic carbocycles. The quantitative estimate of drug-likeness (QED) is 0.799. The number of benzene rings is 1. The molecular formula is C18H26N2O4. The molecule has 6 heteroatoms. The van der Waals surface area contributed by atoms with E-state index in [4.69, 9.17) is 5.11 Å². The molecule has 0 spiro atoms. The normalized spacial score (nSPS) is 11.0. The molecule has 0 aliphatic carbocycles. The van der Waals surface area contributed by atoms with Crippen LogP contribution in [-0.2, 0) is 15.0 Å². The van der Waals surface area contributed by atoms with E-state index in [0.717, 1.165) is 5.56 Å². The van der Waals surface area contributed by atoms with Crippen LogP contribution in [0.3, 0.4) is 0 Å². The average Bonchev–Trinajstić information content (AvgIpc) is 2.52. The first-order valence-corrected chi connectivity index (χ1v) is 8.03. The molecule has 0 saturated heterocycles. The van der Waals surface area contributed by atoms with Crippen LogP contribution in [0, 0.1) is 0 Å². The van der Waals surface area contributed by atoms with E-state index < -0.39 is 5.97 Å². The lowest BCUT2D eigenvalue weighted by Crippen LogP contribution is -2.41. The molecule has 0 radical (unpaired) electrons. The maximum absolute atomic E-state index is 12.1. The molecule has 0 aliphatic heterocycles. The Hall–Kier alpha value is -2.37. The largest absolute Gasteiger partial charge is 0.481 e. The molecule has 0 unspecified atom stereocenters. The summed E-state index contributed by atoms with van der Waals surface area (Å²) in [5.41, 5.74) is 1.63. The minimum absolute atomic E-state index is 0.0107. The summed E-state index contributed by atoms with van der Waals surface area (Å²) >= 11 is 0. The lowest BCUT2D eigenvalue weighted by atomic mass is 9.87. The lowest BCUT2D eigenvalue weighted by Gasteiger charge is -2.20. The summed E-state index contributed by atoms with van der Waals surface area (Å²) in [6, 6.07) is 7.29. The second kappa shape index (κ2) is 8.47. The number of carboxylic acid groups (broad SMARTS) is 1. The van der Waals surface area contributed by atoms with Crippen molar-refractivity contribution in [2.24, 2.45) is 0 Å². The standard InChI is InChI=1S/C18H26N2O4/c1-5-20(11-10-16(22)23)15(21)12-19-17(24)13-6-8-14(9-7-13)18(2,3)4/h6-9H,5,10-12H2,1-4H3,(H,19,24)(H,22,23). The molecule has 1 rings (SSSR count). The number of hydrogen-bond donors (Lipinski definition) is 2. The fraction of sp³-hybridized carbons (Fsp3) is 0.500. The number of aliphatic carboxylic acids is 1. The first kappa shape index (κ1) is 19.7. The van der Waals surface area contributed by atoms with E-state index in [9.17, 15) is 14.4 Å². The number of rotatable bonds is 7. The van der Waals surface area contributed by atoms with E-state index in [0.29, 0.717) is 12.1 Å². The zero-order valence-corrected chi connectivity index (χ0v) is 14.8. The van der Waals surface area contributed by atoms with Gasteiger partial charge < -0.3 is 15.3 Å². The van der Waals surface area contributed by atoms with Crippen LogP contribution >= 0.6 is 0 Å². The van der Waals surface area contributed by atoms with E-state index >= 15 is 0 Å². The molecule has 0 aromatic heterocycles. The van der Waals surface area contributed by atoms with Crippen LogP contribution in [0.15, 0.2) is 24.3 Å². The van der Waals surface area contributed by atoms with Crippen LogP contribution in [0.5, 0.6) is 0 Å². The molecule has 0 atom stereocenters. The van der Waals surface area contributed by atoms with E-state index in [1.54, 1.807) is 19.1 Å². The highest BCUT2D eigenvalue weighted by molar-refractivity contribution is 5.96. The SMILES string of the molecule is CCN(CCC(=O)O)C(=O)CNC(=O)c1ccc(C(C)(C)C)cc1. The van der Waals surface area contributed by atoms with Crippen molar-refractivity contribution in [1.29, 1.82) is 0 Å². The van der Waals surface area contributed by atoms with Gasteiger partial charge in [0.1, 0.15) is 0 Å². The summed E-state index contributed by atoms with van der Waals surface area (Å²) in [5.74, 6) is -1.57. The van der Waals surface area contributed by atoms with Crippen molar-refractivity contribution in [3.8, 4) is 0 Å². The lowest BCUT2D eigenvalue weighted by molar-refractivity contribution is -0.138. The van der Waals surface area contributed by atoms with Crippen LogP contribution in [0.25, 0.3) is 0 Å². The van der Waals surface area contributed by atoms with Crippen LogP contribution < -0.4 is 5.32 Å². The van der Waals surface area contributed by atoms with Crippen molar-refractivity contribution < 1.29 is 19.5 Å². The molecule has 0 saturated carbocycles. The Morgan fingerprint density at radius 3 is 2.17 bits per heavy atom. The minimum Gasteiger partial charge on any atom is -0.481 e. The maximum Gasteiger partial charge on any atom is 0.305 e. The first-order chi connectivity index (χ1) is 11.1. The average molecular weight is 334 g/mol. The Labute approximate surface area is 142 Å². The number of nitrogens with one attached hydrogen (secondary N) is 1. The number of carbonyl (C=O) groups excluding carboxylic acids is 2. The monoisotopic (exact) mass is 334 g/mol. The van der Waals surface area contributed by atoms with Gasteiger partial charge in [-0.2, -0.15) is 0 Å². The minimum atomic E-state index is -0.954. The Morgan fingerprint density at radius 1 is 1.12 bits per heavy atom. The van der Waals surface area contributed by atoms with Crippen molar-refractivity contribution in [2.45, 2.75) is 39.5 Å². The van der Waals surface area contributed by atoms with Gasteiger partial charge in [0, 0.05) is 18.7 Å². The van der Waals surface area contributed by atoms with Gasteiger partial charge in [0.2, 0.25) is 5.91 Å². The van der Waals surface area contributed by atoms with E-state index in [2.05, 4.69) is 26.1 Å². The van der Waals surface area contributed by atoms with Crippen LogP contribution in [0.4, 0.5) is 0 Å². The van der Waals surface area contributed by atoms with Crippen molar-refractivity contribution in [3.63, 3.8) is 0 Å². The fourth-order valence-corrected chi connectivity index (χ4v) is 2.18. The Balaban J connectivity index is 2.58. The third-order valence-electron chi connectivity index (χ3n) is 3.74. The van der Waals surface area contributed by atoms with Gasteiger partial charge in [-0.1, -0.05) is 32.9 Å². The molecular weight excluding hydrogens is 308 g/mol. The highest BCUT2D eigenvalue weighted by Crippen LogP contribution is 2.22. The second-order valence-electron chi connectivity index (χ2n) is 6.63. The summed E-state index contributed by atoms with van der Waals surface area (Å²) in [7, 11) is 0. The number of likely N-dealkylation sites (N-methyl/N-ethyl adjacent to an activating group) is 1. The molecule has 0 fully saturated rings. The fourth-order valence-electron chi connectivity index (χ4n) is 2.18. The van der Waals surface area contributed by atoms with E-state index in [1.165, 1.54) is 4.90 Å². The van der Waals surface area contributed by atoms with Gasteiger partial charge in [0.25, 0.3) is 5.91 Å². The zero-order chi connectivity index (χ0) is 18.3. The molecule has 0 heterocycles. The summed E-state index contributed by atoms with van der Waals surface area (Å²) in [5, 5.41) is 11.3.